The summed E-state index contributed by atoms with van der Waals surface area (Å²) in [5.74, 6) is 2.37. The molecule has 6 heteroatoms. The molecule has 0 unspecified atom stereocenters. The van der Waals surface area contributed by atoms with Gasteiger partial charge in [0.2, 0.25) is 0 Å². The highest BCUT2D eigenvalue weighted by Gasteiger charge is 2.14. The predicted molar refractivity (Wildman–Crippen MR) is 96.0 cm³/mol. The highest BCUT2D eigenvalue weighted by Crippen LogP contribution is 2.23. The van der Waals surface area contributed by atoms with Gasteiger partial charge in [-0.3, -0.25) is 0 Å². The fourth-order valence-electron chi connectivity index (χ4n) is 1.83. The zero-order valence-corrected chi connectivity index (χ0v) is 14.9. The molecule has 0 aliphatic heterocycles. The summed E-state index contributed by atoms with van der Waals surface area (Å²) in [5.41, 5.74) is 1.63. The van der Waals surface area contributed by atoms with E-state index in [-0.39, 0.29) is 5.75 Å². The molecular weight excluding hydrogens is 359 g/mol. The van der Waals surface area contributed by atoms with Crippen LogP contribution in [0.15, 0.2) is 48.5 Å². The molecule has 0 saturated heterocycles. The van der Waals surface area contributed by atoms with E-state index >= 15 is 0 Å². The van der Waals surface area contributed by atoms with Crippen molar-refractivity contribution in [2.24, 2.45) is 0 Å². The molecule has 22 heavy (non-hydrogen) atoms. The van der Waals surface area contributed by atoms with Crippen LogP contribution in [0.5, 0.6) is 0 Å². The van der Waals surface area contributed by atoms with E-state index in [2.05, 4.69) is 0 Å². The van der Waals surface area contributed by atoms with Crippen LogP contribution in [0.1, 0.15) is 11.1 Å². The van der Waals surface area contributed by atoms with E-state index < -0.39 is 9.84 Å². The average molecular weight is 374 g/mol. The second-order valence-electron chi connectivity index (χ2n) is 4.67. The Hall–Kier alpha value is -0.680. The molecule has 0 heterocycles. The smallest absolute Gasteiger partial charge is 0.159 e. The number of thioether (sulfide) groups is 1. The molecule has 0 fully saturated rings. The molecule has 1 radical (unpaired) electrons. The van der Waals surface area contributed by atoms with Crippen molar-refractivity contribution in [1.82, 2.24) is 0 Å². The maximum Gasteiger partial charge on any atom is 0.159 e. The number of benzene rings is 2. The van der Waals surface area contributed by atoms with Gasteiger partial charge >= 0.3 is 0 Å². The lowest BCUT2D eigenvalue weighted by molar-refractivity contribution is 0.601. The summed E-state index contributed by atoms with van der Waals surface area (Å²) in [6.07, 6.45) is 0. The van der Waals surface area contributed by atoms with Gasteiger partial charge in [-0.1, -0.05) is 59.6 Å². The van der Waals surface area contributed by atoms with Gasteiger partial charge in [0.15, 0.2) is 9.84 Å². The molecule has 0 spiro atoms. The van der Waals surface area contributed by atoms with Crippen LogP contribution in [-0.4, -0.2) is 14.2 Å². The minimum atomic E-state index is -3.28. The normalized spacial score (nSPS) is 11.5. The average Bonchev–Trinajstić information content (AvgIpc) is 2.47. The van der Waals surface area contributed by atoms with Crippen molar-refractivity contribution in [2.45, 2.75) is 11.5 Å². The van der Waals surface area contributed by atoms with E-state index in [1.165, 1.54) is 17.5 Å². The molecule has 0 N–H and O–H groups in total. The van der Waals surface area contributed by atoms with Crippen LogP contribution in [0.3, 0.4) is 0 Å². The van der Waals surface area contributed by atoms with Crippen molar-refractivity contribution < 1.29 is 8.42 Å². The molecule has 0 amide bonds. The summed E-state index contributed by atoms with van der Waals surface area (Å²) in [4.78, 5) is 0. The van der Waals surface area contributed by atoms with E-state index in [0.717, 1.165) is 5.56 Å². The minimum Gasteiger partial charge on any atom is -0.228 e. The number of halogens is 2. The van der Waals surface area contributed by atoms with Crippen LogP contribution < -0.4 is 0 Å². The molecule has 2 nitrogen and oxygen atoms in total. The summed E-state index contributed by atoms with van der Waals surface area (Å²) in [7, 11) is -3.28. The van der Waals surface area contributed by atoms with Crippen molar-refractivity contribution in [2.75, 3.05) is 5.75 Å². The molecule has 2 aromatic rings. The quantitative estimate of drug-likeness (QED) is 0.640. The van der Waals surface area contributed by atoms with Crippen LogP contribution in [-0.2, 0) is 21.3 Å². The number of hydrogen-bond acceptors (Lipinski definition) is 3. The summed E-state index contributed by atoms with van der Waals surface area (Å²) < 4.78 is 24.2. The van der Waals surface area contributed by atoms with Crippen LogP contribution in [0, 0.1) is 5.75 Å². The molecule has 0 aliphatic carbocycles. The Kier molecular flexibility index (Phi) is 6.63. The molecule has 2 aromatic carbocycles. The molecular formula is C16H15Cl2O2S2. The van der Waals surface area contributed by atoms with E-state index in [4.69, 9.17) is 23.2 Å². The number of rotatable bonds is 7. The van der Waals surface area contributed by atoms with Crippen molar-refractivity contribution in [1.29, 1.82) is 0 Å². The lowest BCUT2D eigenvalue weighted by atomic mass is 10.2. The van der Waals surface area contributed by atoms with Gasteiger partial charge in [0.05, 0.1) is 11.5 Å². The van der Waals surface area contributed by atoms with Gasteiger partial charge in [-0.25, -0.2) is 8.42 Å². The Morgan fingerprint density at radius 3 is 2.05 bits per heavy atom. The maximum atomic E-state index is 12.1. The number of sulfone groups is 1. The third kappa shape index (κ3) is 5.51. The molecule has 0 saturated carbocycles. The fourth-order valence-corrected chi connectivity index (χ4v) is 5.00. The summed E-state index contributed by atoms with van der Waals surface area (Å²) in [6, 6.07) is 14.5. The van der Waals surface area contributed by atoms with Gasteiger partial charge in [-0.2, -0.15) is 11.8 Å². The number of hydrogen-bond donors (Lipinski definition) is 0. The Labute approximate surface area is 145 Å². The Bertz CT molecular complexity index is 730. The Morgan fingerprint density at radius 2 is 1.45 bits per heavy atom. The maximum absolute atomic E-state index is 12.1. The largest absolute Gasteiger partial charge is 0.228 e. The molecule has 0 atom stereocenters. The van der Waals surface area contributed by atoms with E-state index in [1.54, 1.807) is 24.3 Å². The Morgan fingerprint density at radius 1 is 0.909 bits per heavy atom. The van der Waals surface area contributed by atoms with E-state index in [1.807, 2.05) is 24.3 Å². The third-order valence-electron chi connectivity index (χ3n) is 2.97. The topological polar surface area (TPSA) is 34.1 Å². The molecule has 0 aromatic heterocycles. The summed E-state index contributed by atoms with van der Waals surface area (Å²) in [5, 5.41) is 1.18. The first-order chi connectivity index (χ1) is 10.5. The lowest BCUT2D eigenvalue weighted by Crippen LogP contribution is -2.06. The van der Waals surface area contributed by atoms with Crippen LogP contribution in [0.25, 0.3) is 0 Å². The molecule has 117 valence electrons. The highest BCUT2D eigenvalue weighted by molar-refractivity contribution is 8.00. The second-order valence-corrected chi connectivity index (χ2v) is 8.46. The molecule has 0 aliphatic rings. The zero-order chi connectivity index (χ0) is 16.0. The molecule has 2 rings (SSSR count). The third-order valence-corrected chi connectivity index (χ3v) is 6.22. The standard InChI is InChI=1S/C16H15Cl2O2S2/c17-15-7-3-1-5-13(15)11-21-9-10-22(19,20)12-14-6-2-4-8-16(14)18/h1-8,10H,9,11-12H2. The predicted octanol–water partition coefficient (Wildman–Crippen LogP) is 5.00. The zero-order valence-electron chi connectivity index (χ0n) is 11.7. The van der Waals surface area contributed by atoms with Gasteiger partial charge in [-0.15, -0.1) is 0 Å². The van der Waals surface area contributed by atoms with E-state index in [9.17, 15) is 8.42 Å². The summed E-state index contributed by atoms with van der Waals surface area (Å²) >= 11 is 13.6. The minimum absolute atomic E-state index is 0.0701. The fraction of sp³-hybridized carbons (Fsp3) is 0.188. The van der Waals surface area contributed by atoms with Crippen molar-refractivity contribution in [3.05, 3.63) is 75.5 Å². The van der Waals surface area contributed by atoms with Crippen molar-refractivity contribution in [3.63, 3.8) is 0 Å². The van der Waals surface area contributed by atoms with Crippen molar-refractivity contribution in [3.8, 4) is 0 Å². The van der Waals surface area contributed by atoms with Gasteiger partial charge in [0.1, 0.15) is 0 Å². The first-order valence-corrected chi connectivity index (χ1v) is 10.2. The van der Waals surface area contributed by atoms with Crippen LogP contribution >= 0.6 is 35.0 Å². The van der Waals surface area contributed by atoms with Gasteiger partial charge in [0, 0.05) is 21.6 Å². The highest BCUT2D eigenvalue weighted by atomic mass is 35.5. The van der Waals surface area contributed by atoms with Crippen LogP contribution in [0.2, 0.25) is 10.0 Å². The lowest BCUT2D eigenvalue weighted by Gasteiger charge is -2.06. The van der Waals surface area contributed by atoms with E-state index in [0.29, 0.717) is 27.1 Å². The van der Waals surface area contributed by atoms with Crippen LogP contribution in [0.4, 0.5) is 0 Å². The monoisotopic (exact) mass is 373 g/mol. The second kappa shape index (κ2) is 8.25. The Balaban J connectivity index is 1.83. The first kappa shape index (κ1) is 17.7. The first-order valence-electron chi connectivity index (χ1n) is 6.58. The van der Waals surface area contributed by atoms with Gasteiger partial charge in [0.25, 0.3) is 0 Å². The molecule has 0 bridgehead atoms. The SMILES string of the molecule is O=S(=O)([CH]CSCc1ccccc1Cl)Cc1ccccc1Cl. The van der Waals surface area contributed by atoms with Gasteiger partial charge in [-0.05, 0) is 23.3 Å². The van der Waals surface area contributed by atoms with Crippen molar-refractivity contribution >= 4 is 44.8 Å². The van der Waals surface area contributed by atoms with Gasteiger partial charge < -0.3 is 0 Å². The summed E-state index contributed by atoms with van der Waals surface area (Å²) in [6.45, 7) is 0.